The molecule has 1 unspecified atom stereocenters. The Hall–Kier alpha value is -2.95. The van der Waals surface area contributed by atoms with Crippen molar-refractivity contribution >= 4 is 17.7 Å². The third kappa shape index (κ3) is 7.33. The van der Waals surface area contributed by atoms with Crippen LogP contribution < -0.4 is 4.90 Å². The summed E-state index contributed by atoms with van der Waals surface area (Å²) in [6.45, 7) is 0.670. The molecule has 1 spiro atoms. The molecule has 0 aromatic heterocycles. The normalized spacial score (nSPS) is 22.2. The third-order valence-corrected chi connectivity index (χ3v) is 7.87. The molecule has 8 nitrogen and oxygen atoms in total. The maximum Gasteiger partial charge on any atom is 0.434 e. The van der Waals surface area contributed by atoms with E-state index in [9.17, 15) is 54.2 Å². The number of halogens is 9. The summed E-state index contributed by atoms with van der Waals surface area (Å²) in [6.07, 6.45) is -21.2. The number of aliphatic carboxylic acids is 1. The van der Waals surface area contributed by atoms with Gasteiger partial charge in [0.2, 0.25) is 0 Å². The van der Waals surface area contributed by atoms with Gasteiger partial charge in [0.05, 0.1) is 18.8 Å². The van der Waals surface area contributed by atoms with Gasteiger partial charge in [-0.25, -0.2) is 9.59 Å². The number of ether oxygens (including phenoxy) is 2. The number of benzene rings is 1. The number of anilines is 1. The summed E-state index contributed by atoms with van der Waals surface area (Å²) in [7, 11) is 0. The van der Waals surface area contributed by atoms with Gasteiger partial charge in [0.25, 0.3) is 6.10 Å². The molecule has 1 amide bonds. The summed E-state index contributed by atoms with van der Waals surface area (Å²) >= 11 is 0. The van der Waals surface area contributed by atoms with Crippen molar-refractivity contribution in [1.29, 1.82) is 0 Å². The Balaban J connectivity index is 1.42. The molecule has 3 aliphatic heterocycles. The van der Waals surface area contributed by atoms with Gasteiger partial charge in [0.1, 0.15) is 0 Å². The van der Waals surface area contributed by atoms with Crippen molar-refractivity contribution in [2.45, 2.75) is 56.5 Å². The standard InChI is InChI=1S/C25H28F9N3O5/c26-23(27,28)16-9-15(10-17(11-16)37-7-8-41-13-18(37)19(38)39)12-35-4-1-22(14-35)2-5-36(6-3-22)21(40)42-20(24(29,30)31)25(32,33)34/h9-11,18,20H,1-8,12-14H2,(H,38,39). The van der Waals surface area contributed by atoms with Crippen LogP contribution in [0.1, 0.15) is 30.4 Å². The SMILES string of the molecule is O=C(O)C1COCCN1c1cc(CN2CCC3(CCN(C(=O)OC(C(F)(F)F)C(F)(F)F)CC3)C2)cc(C(F)(F)F)c1. The lowest BCUT2D eigenvalue weighted by Crippen LogP contribution is -2.50. The summed E-state index contributed by atoms with van der Waals surface area (Å²) in [6, 6.07) is 2.22. The van der Waals surface area contributed by atoms with Crippen LogP contribution in [0.25, 0.3) is 0 Å². The fraction of sp³-hybridized carbons (Fsp3) is 0.680. The number of hydrogen-bond donors (Lipinski definition) is 1. The quantitative estimate of drug-likeness (QED) is 0.468. The van der Waals surface area contributed by atoms with E-state index in [1.54, 1.807) is 0 Å². The second-order valence-corrected chi connectivity index (χ2v) is 10.8. The first-order chi connectivity index (χ1) is 19.4. The molecule has 236 valence electrons. The van der Waals surface area contributed by atoms with Crippen LogP contribution in [0.15, 0.2) is 18.2 Å². The lowest BCUT2D eigenvalue weighted by Gasteiger charge is -2.39. The Morgan fingerprint density at radius 2 is 1.57 bits per heavy atom. The topological polar surface area (TPSA) is 82.6 Å². The van der Waals surface area contributed by atoms with Crippen LogP contribution >= 0.6 is 0 Å². The molecule has 0 aliphatic carbocycles. The maximum atomic E-state index is 13.7. The number of hydrogen-bond acceptors (Lipinski definition) is 6. The lowest BCUT2D eigenvalue weighted by atomic mass is 9.78. The Morgan fingerprint density at radius 3 is 2.14 bits per heavy atom. The Labute approximate surface area is 233 Å². The number of carbonyl (C=O) groups is 2. The van der Waals surface area contributed by atoms with Crippen molar-refractivity contribution in [1.82, 2.24) is 9.80 Å². The van der Waals surface area contributed by atoms with Gasteiger partial charge >= 0.3 is 30.6 Å². The van der Waals surface area contributed by atoms with Gasteiger partial charge in [-0.3, -0.25) is 4.90 Å². The number of likely N-dealkylation sites (tertiary alicyclic amines) is 2. The largest absolute Gasteiger partial charge is 0.480 e. The van der Waals surface area contributed by atoms with Crippen LogP contribution in [0.3, 0.4) is 0 Å². The number of morpholine rings is 1. The number of carboxylic acids is 1. The van der Waals surface area contributed by atoms with Gasteiger partial charge in [0.15, 0.2) is 6.04 Å². The number of rotatable bonds is 5. The molecular weight excluding hydrogens is 593 g/mol. The average Bonchev–Trinajstić information content (AvgIpc) is 3.26. The molecule has 1 N–H and O–H groups in total. The lowest BCUT2D eigenvalue weighted by molar-refractivity contribution is -0.308. The van der Waals surface area contributed by atoms with E-state index in [1.165, 1.54) is 11.0 Å². The van der Waals surface area contributed by atoms with E-state index in [0.29, 0.717) is 25.1 Å². The van der Waals surface area contributed by atoms with E-state index >= 15 is 0 Å². The number of nitrogens with zero attached hydrogens (tertiary/aromatic N) is 3. The zero-order valence-electron chi connectivity index (χ0n) is 22.0. The minimum absolute atomic E-state index is 0.0795. The molecule has 1 aromatic rings. The van der Waals surface area contributed by atoms with Crippen molar-refractivity contribution in [3.63, 3.8) is 0 Å². The molecule has 42 heavy (non-hydrogen) atoms. The van der Waals surface area contributed by atoms with Gasteiger partial charge in [-0.2, -0.15) is 39.5 Å². The molecular formula is C25H28F9N3O5. The van der Waals surface area contributed by atoms with Crippen molar-refractivity contribution in [2.24, 2.45) is 5.41 Å². The van der Waals surface area contributed by atoms with Gasteiger partial charge in [0, 0.05) is 38.4 Å². The predicted octanol–water partition coefficient (Wildman–Crippen LogP) is 4.91. The number of amides is 1. The first-order valence-corrected chi connectivity index (χ1v) is 13.0. The average molecular weight is 621 g/mol. The summed E-state index contributed by atoms with van der Waals surface area (Å²) in [5.41, 5.74) is -0.999. The highest BCUT2D eigenvalue weighted by atomic mass is 19.4. The highest BCUT2D eigenvalue weighted by Gasteiger charge is 2.60. The van der Waals surface area contributed by atoms with E-state index in [0.717, 1.165) is 17.0 Å². The summed E-state index contributed by atoms with van der Waals surface area (Å²) in [5, 5.41) is 9.52. The minimum Gasteiger partial charge on any atom is -0.480 e. The van der Waals surface area contributed by atoms with Crippen molar-refractivity contribution < 1.29 is 63.7 Å². The van der Waals surface area contributed by atoms with E-state index in [2.05, 4.69) is 4.74 Å². The molecule has 0 saturated carbocycles. The van der Waals surface area contributed by atoms with Crippen LogP contribution in [0.5, 0.6) is 0 Å². The predicted molar refractivity (Wildman–Crippen MR) is 127 cm³/mol. The molecule has 17 heteroatoms. The van der Waals surface area contributed by atoms with Crippen molar-refractivity contribution in [3.05, 3.63) is 29.3 Å². The molecule has 4 rings (SSSR count). The third-order valence-electron chi connectivity index (χ3n) is 7.87. The molecule has 3 saturated heterocycles. The van der Waals surface area contributed by atoms with E-state index in [4.69, 9.17) is 4.74 Å². The van der Waals surface area contributed by atoms with E-state index < -0.39 is 53.7 Å². The maximum absolute atomic E-state index is 13.7. The van der Waals surface area contributed by atoms with Crippen molar-refractivity contribution in [2.75, 3.05) is 50.8 Å². The number of carboxylic acid groups (broad SMARTS) is 1. The van der Waals surface area contributed by atoms with Crippen LogP contribution in [-0.4, -0.2) is 97.4 Å². The monoisotopic (exact) mass is 621 g/mol. The first-order valence-electron chi connectivity index (χ1n) is 13.0. The molecule has 0 bridgehead atoms. The van der Waals surface area contributed by atoms with Gasteiger partial charge in [-0.15, -0.1) is 0 Å². The van der Waals surface area contributed by atoms with Crippen LogP contribution in [0, 0.1) is 5.41 Å². The minimum atomic E-state index is -5.82. The van der Waals surface area contributed by atoms with Gasteiger partial charge in [-0.1, -0.05) is 0 Å². The fourth-order valence-electron chi connectivity index (χ4n) is 5.70. The van der Waals surface area contributed by atoms with Crippen molar-refractivity contribution in [3.8, 4) is 0 Å². The molecule has 3 heterocycles. The zero-order chi connectivity index (χ0) is 31.1. The molecule has 1 aromatic carbocycles. The summed E-state index contributed by atoms with van der Waals surface area (Å²) in [4.78, 5) is 27.8. The van der Waals surface area contributed by atoms with E-state index in [1.807, 2.05) is 4.90 Å². The Morgan fingerprint density at radius 1 is 0.952 bits per heavy atom. The highest BCUT2D eigenvalue weighted by molar-refractivity contribution is 5.79. The number of piperidine rings is 1. The highest BCUT2D eigenvalue weighted by Crippen LogP contribution is 2.42. The fourth-order valence-corrected chi connectivity index (χ4v) is 5.70. The molecule has 1 atom stereocenters. The van der Waals surface area contributed by atoms with E-state index in [-0.39, 0.29) is 57.9 Å². The zero-order valence-corrected chi connectivity index (χ0v) is 22.0. The second kappa shape index (κ2) is 11.6. The number of carbonyl (C=O) groups excluding carboxylic acids is 1. The second-order valence-electron chi connectivity index (χ2n) is 10.8. The van der Waals surface area contributed by atoms with Crippen LogP contribution in [-0.2, 0) is 27.0 Å². The molecule has 3 aliphatic rings. The Bertz CT molecular complexity index is 1140. The first kappa shape index (κ1) is 32.0. The van der Waals surface area contributed by atoms with Crippen LogP contribution in [0.4, 0.5) is 50.0 Å². The number of alkyl halides is 9. The summed E-state index contributed by atoms with van der Waals surface area (Å²) in [5.74, 6) is -1.24. The van der Waals surface area contributed by atoms with Crippen LogP contribution in [0.2, 0.25) is 0 Å². The summed E-state index contributed by atoms with van der Waals surface area (Å²) < 4.78 is 127. The van der Waals surface area contributed by atoms with Gasteiger partial charge < -0.3 is 24.4 Å². The van der Waals surface area contributed by atoms with Gasteiger partial charge in [-0.05, 0) is 55.0 Å². The molecule has 0 radical (unpaired) electrons. The smallest absolute Gasteiger partial charge is 0.434 e. The Kier molecular flexibility index (Phi) is 8.84. The molecule has 3 fully saturated rings.